The molecule has 2 amide bonds. The molecule has 2 heterocycles. The molecule has 4 rings (SSSR count). The summed E-state index contributed by atoms with van der Waals surface area (Å²) in [5.74, 6) is 0.512. The molecular weight excluding hydrogens is 450 g/mol. The maximum absolute atomic E-state index is 13.2. The van der Waals surface area contributed by atoms with E-state index in [4.69, 9.17) is 16.3 Å². The van der Waals surface area contributed by atoms with Gasteiger partial charge in [-0.2, -0.15) is 0 Å². The molecular formula is C27H34ClN3O3. The lowest BCUT2D eigenvalue weighted by molar-refractivity contribution is -0.123. The number of rotatable bonds is 10. The van der Waals surface area contributed by atoms with Crippen LogP contribution >= 0.6 is 11.6 Å². The minimum absolute atomic E-state index is 0.123. The molecule has 2 aliphatic rings. The summed E-state index contributed by atoms with van der Waals surface area (Å²) >= 11 is 5.97. The van der Waals surface area contributed by atoms with Gasteiger partial charge in [0.2, 0.25) is 5.91 Å². The third-order valence-electron chi connectivity index (χ3n) is 6.67. The first kappa shape index (κ1) is 24.6. The lowest BCUT2D eigenvalue weighted by Gasteiger charge is -2.35. The minimum atomic E-state index is -0.376. The molecule has 6 nitrogen and oxygen atoms in total. The molecule has 2 aliphatic heterocycles. The van der Waals surface area contributed by atoms with Gasteiger partial charge in [0.25, 0.3) is 5.91 Å². The molecule has 1 N–H and O–H groups in total. The van der Waals surface area contributed by atoms with E-state index in [1.54, 1.807) is 0 Å². The number of imide groups is 1. The number of carbonyl (C=O) groups excluding carboxylic acids is 2. The molecule has 0 spiro atoms. The zero-order chi connectivity index (χ0) is 23.9. The first-order valence-electron chi connectivity index (χ1n) is 12.4. The van der Waals surface area contributed by atoms with E-state index < -0.39 is 0 Å². The van der Waals surface area contributed by atoms with Gasteiger partial charge in [-0.1, -0.05) is 37.8 Å². The van der Waals surface area contributed by atoms with E-state index >= 15 is 0 Å². The van der Waals surface area contributed by atoms with E-state index in [9.17, 15) is 9.59 Å². The average Bonchev–Trinajstić information content (AvgIpc) is 3.15. The van der Waals surface area contributed by atoms with Gasteiger partial charge in [-0.3, -0.25) is 14.5 Å². The van der Waals surface area contributed by atoms with Crippen LogP contribution in [0, 0.1) is 0 Å². The Morgan fingerprint density at radius 2 is 1.68 bits per heavy atom. The van der Waals surface area contributed by atoms with E-state index in [-0.39, 0.29) is 24.3 Å². The Morgan fingerprint density at radius 1 is 0.971 bits per heavy atom. The molecule has 182 valence electrons. The third-order valence-corrected chi connectivity index (χ3v) is 6.92. The first-order valence-corrected chi connectivity index (χ1v) is 12.8. The molecule has 0 aliphatic carbocycles. The molecule has 34 heavy (non-hydrogen) atoms. The molecule has 0 unspecified atom stereocenters. The Kier molecular flexibility index (Phi) is 8.46. The molecule has 2 aromatic carbocycles. The highest BCUT2D eigenvalue weighted by Crippen LogP contribution is 2.29. The number of piperidine rings is 1. The van der Waals surface area contributed by atoms with Crippen molar-refractivity contribution in [2.45, 2.75) is 64.0 Å². The van der Waals surface area contributed by atoms with Crippen molar-refractivity contribution in [1.29, 1.82) is 0 Å². The first-order chi connectivity index (χ1) is 16.5. The lowest BCUT2D eigenvalue weighted by atomic mass is 10.0. The van der Waals surface area contributed by atoms with E-state index in [1.807, 2.05) is 48.5 Å². The second kappa shape index (κ2) is 11.7. The maximum Gasteiger partial charge on any atom is 0.251 e. The van der Waals surface area contributed by atoms with Crippen LogP contribution in [0.3, 0.4) is 0 Å². The van der Waals surface area contributed by atoms with Gasteiger partial charge in [0.15, 0.2) is 0 Å². The molecule has 0 radical (unpaired) electrons. The highest BCUT2D eigenvalue weighted by atomic mass is 35.5. The van der Waals surface area contributed by atoms with E-state index in [2.05, 4.69) is 17.1 Å². The van der Waals surface area contributed by atoms with Crippen molar-refractivity contribution in [3.8, 4) is 5.75 Å². The van der Waals surface area contributed by atoms with Crippen molar-refractivity contribution >= 4 is 34.8 Å². The number of hydrogen-bond acceptors (Lipinski definition) is 5. The van der Waals surface area contributed by atoms with Gasteiger partial charge in [0, 0.05) is 29.8 Å². The number of hydrogen-bond donors (Lipinski definition) is 1. The van der Waals surface area contributed by atoms with Crippen molar-refractivity contribution in [3.63, 3.8) is 0 Å². The quantitative estimate of drug-likeness (QED) is 0.356. The zero-order valence-corrected chi connectivity index (χ0v) is 20.6. The summed E-state index contributed by atoms with van der Waals surface area (Å²) in [4.78, 5) is 29.4. The molecule has 0 aromatic heterocycles. The maximum atomic E-state index is 13.2. The number of unbranched alkanes of at least 4 members (excludes halogenated alkanes) is 3. The number of halogens is 1. The third kappa shape index (κ3) is 6.10. The standard InChI is InChI=1S/C27H34ClN3O3/c1-2-3-4-5-18-34-24-12-10-23(11-13-24)31-26(32)19-25(27(31)33)30-16-14-22(15-17-30)29-21-8-6-20(28)7-9-21/h6-13,22,25,29H,2-5,14-19H2,1H3/t25-/m0/s1. The van der Waals surface area contributed by atoms with Gasteiger partial charge >= 0.3 is 0 Å². The predicted octanol–water partition coefficient (Wildman–Crippen LogP) is 5.51. The fourth-order valence-electron chi connectivity index (χ4n) is 4.72. The summed E-state index contributed by atoms with van der Waals surface area (Å²) in [6.45, 7) is 4.44. The van der Waals surface area contributed by atoms with Gasteiger partial charge in [0.05, 0.1) is 24.8 Å². The number of likely N-dealkylation sites (tertiary alicyclic amines) is 1. The van der Waals surface area contributed by atoms with Crippen LogP contribution in [-0.4, -0.2) is 48.5 Å². The summed E-state index contributed by atoms with van der Waals surface area (Å²) in [6, 6.07) is 15.0. The summed E-state index contributed by atoms with van der Waals surface area (Å²) in [5.41, 5.74) is 1.67. The van der Waals surface area contributed by atoms with Crippen LogP contribution in [0.15, 0.2) is 48.5 Å². The highest BCUT2D eigenvalue weighted by molar-refractivity contribution is 6.30. The Balaban J connectivity index is 1.28. The second-order valence-corrected chi connectivity index (χ2v) is 9.59. The van der Waals surface area contributed by atoms with E-state index in [0.717, 1.165) is 48.8 Å². The van der Waals surface area contributed by atoms with Crippen LogP contribution in [0.4, 0.5) is 11.4 Å². The molecule has 2 fully saturated rings. The number of nitrogens with zero attached hydrogens (tertiary/aromatic N) is 2. The second-order valence-electron chi connectivity index (χ2n) is 9.15. The van der Waals surface area contributed by atoms with Crippen molar-refractivity contribution in [2.24, 2.45) is 0 Å². The normalized spacial score (nSPS) is 19.6. The van der Waals surface area contributed by atoms with Gasteiger partial charge < -0.3 is 10.1 Å². The largest absolute Gasteiger partial charge is 0.494 e. The van der Waals surface area contributed by atoms with Crippen molar-refractivity contribution in [3.05, 3.63) is 53.6 Å². The number of benzene rings is 2. The van der Waals surface area contributed by atoms with Crippen LogP contribution in [0.2, 0.25) is 5.02 Å². The van der Waals surface area contributed by atoms with Gasteiger partial charge in [0.1, 0.15) is 5.75 Å². The zero-order valence-electron chi connectivity index (χ0n) is 19.8. The van der Waals surface area contributed by atoms with Crippen LogP contribution in [0.25, 0.3) is 0 Å². The number of amides is 2. The lowest BCUT2D eigenvalue weighted by Crippen LogP contribution is -2.48. The molecule has 7 heteroatoms. The molecule has 0 saturated carbocycles. The Morgan fingerprint density at radius 3 is 2.35 bits per heavy atom. The predicted molar refractivity (Wildman–Crippen MR) is 137 cm³/mol. The highest BCUT2D eigenvalue weighted by Gasteiger charge is 2.43. The van der Waals surface area contributed by atoms with E-state index in [0.29, 0.717) is 18.3 Å². The summed E-state index contributed by atoms with van der Waals surface area (Å²) < 4.78 is 5.79. The number of anilines is 2. The Hall–Kier alpha value is -2.57. The number of ether oxygens (including phenoxy) is 1. The van der Waals surface area contributed by atoms with Crippen LogP contribution < -0.4 is 15.0 Å². The summed E-state index contributed by atoms with van der Waals surface area (Å²) in [6.07, 6.45) is 6.71. The Labute approximate surface area is 207 Å². The van der Waals surface area contributed by atoms with Crippen molar-refractivity contribution in [1.82, 2.24) is 4.90 Å². The number of nitrogens with one attached hydrogen (secondary N) is 1. The monoisotopic (exact) mass is 483 g/mol. The van der Waals surface area contributed by atoms with Crippen molar-refractivity contribution in [2.75, 3.05) is 29.9 Å². The van der Waals surface area contributed by atoms with Gasteiger partial charge in [-0.05, 0) is 67.8 Å². The van der Waals surface area contributed by atoms with Crippen LogP contribution in [0.5, 0.6) is 5.75 Å². The Bertz CT molecular complexity index is 956. The van der Waals surface area contributed by atoms with Crippen LogP contribution in [-0.2, 0) is 9.59 Å². The van der Waals surface area contributed by atoms with Gasteiger partial charge in [-0.15, -0.1) is 0 Å². The van der Waals surface area contributed by atoms with Crippen LogP contribution in [0.1, 0.15) is 51.9 Å². The van der Waals surface area contributed by atoms with Gasteiger partial charge in [-0.25, -0.2) is 4.90 Å². The summed E-state index contributed by atoms with van der Waals surface area (Å²) in [5, 5.41) is 4.27. The minimum Gasteiger partial charge on any atom is -0.494 e. The molecule has 0 bridgehead atoms. The SMILES string of the molecule is CCCCCCOc1ccc(N2C(=O)C[C@H](N3CCC(Nc4ccc(Cl)cc4)CC3)C2=O)cc1. The smallest absolute Gasteiger partial charge is 0.251 e. The topological polar surface area (TPSA) is 61.9 Å². The fraction of sp³-hybridized carbons (Fsp3) is 0.481. The fourth-order valence-corrected chi connectivity index (χ4v) is 4.85. The molecule has 1 atom stereocenters. The molecule has 2 saturated heterocycles. The average molecular weight is 484 g/mol. The number of carbonyl (C=O) groups is 2. The van der Waals surface area contributed by atoms with Crippen molar-refractivity contribution < 1.29 is 14.3 Å². The molecule has 2 aromatic rings. The van der Waals surface area contributed by atoms with E-state index in [1.165, 1.54) is 24.2 Å². The summed E-state index contributed by atoms with van der Waals surface area (Å²) in [7, 11) is 0.